The summed E-state index contributed by atoms with van der Waals surface area (Å²) in [5, 5.41) is 11.0. The number of aryl methyl sites for hydroxylation is 3. The van der Waals surface area contributed by atoms with E-state index >= 15 is 0 Å². The van der Waals surface area contributed by atoms with Crippen LogP contribution in [-0.2, 0) is 29.7 Å². The molecule has 136 valence electrons. The Labute approximate surface area is 146 Å². The first-order valence-electron chi connectivity index (χ1n) is 7.97. The van der Waals surface area contributed by atoms with Crippen molar-refractivity contribution in [3.05, 3.63) is 34.5 Å². The van der Waals surface area contributed by atoms with E-state index in [4.69, 9.17) is 4.52 Å². The normalized spacial score (nSPS) is 15.6. The van der Waals surface area contributed by atoms with Gasteiger partial charge in [-0.05, 0) is 26.3 Å². The van der Waals surface area contributed by atoms with Crippen molar-refractivity contribution in [3.63, 3.8) is 0 Å². The van der Waals surface area contributed by atoms with Gasteiger partial charge in [0.25, 0.3) is 5.91 Å². The summed E-state index contributed by atoms with van der Waals surface area (Å²) in [6.45, 7) is 5.09. The summed E-state index contributed by atoms with van der Waals surface area (Å²) in [6, 6.07) is 1.83. The summed E-state index contributed by atoms with van der Waals surface area (Å²) in [4.78, 5) is 12.3. The molecule has 9 nitrogen and oxygen atoms in total. The van der Waals surface area contributed by atoms with E-state index in [-0.39, 0.29) is 12.5 Å². The highest BCUT2D eigenvalue weighted by Gasteiger charge is 2.23. The van der Waals surface area contributed by atoms with Gasteiger partial charge in [0.2, 0.25) is 10.0 Å². The maximum Gasteiger partial charge on any atom is 0.257 e. The molecular formula is C15H21N5O4S. The van der Waals surface area contributed by atoms with E-state index in [2.05, 4.69) is 15.6 Å². The lowest BCUT2D eigenvalue weighted by molar-refractivity contribution is 0.0948. The summed E-state index contributed by atoms with van der Waals surface area (Å²) < 4.78 is 31.8. The van der Waals surface area contributed by atoms with Gasteiger partial charge in [0.05, 0.1) is 36.4 Å². The number of sulfonamides is 1. The van der Waals surface area contributed by atoms with Crippen LogP contribution in [0.5, 0.6) is 0 Å². The molecule has 1 amide bonds. The fourth-order valence-electron chi connectivity index (χ4n) is 2.93. The molecule has 0 unspecified atom stereocenters. The fourth-order valence-corrected chi connectivity index (χ4v) is 3.76. The quantitative estimate of drug-likeness (QED) is 0.846. The molecule has 0 spiro atoms. The van der Waals surface area contributed by atoms with Gasteiger partial charge in [0.1, 0.15) is 11.3 Å². The number of aromatic nitrogens is 3. The monoisotopic (exact) mass is 367 g/mol. The number of carbonyl (C=O) groups excluding carboxylic acids is 1. The molecule has 2 aromatic heterocycles. The average molecular weight is 367 g/mol. The number of hydrogen-bond donors (Lipinski definition) is 1. The Hall–Kier alpha value is -2.20. The standard InChI is InChI=1S/C15H21N5O4S/c1-10-14(11(2)24-18-10)15(21)16-8-12-7-13-9-19(25(3,22)23)5-4-6-20(13)17-12/h7H,4-6,8-9H2,1-3H3,(H,16,21). The summed E-state index contributed by atoms with van der Waals surface area (Å²) >= 11 is 0. The van der Waals surface area contributed by atoms with Crippen LogP contribution in [0.1, 0.15) is 39.6 Å². The van der Waals surface area contributed by atoms with Gasteiger partial charge in [-0.25, -0.2) is 8.42 Å². The van der Waals surface area contributed by atoms with Crippen LogP contribution < -0.4 is 5.32 Å². The van der Waals surface area contributed by atoms with Crippen LogP contribution in [0, 0.1) is 13.8 Å². The molecule has 0 aliphatic carbocycles. The molecular weight excluding hydrogens is 346 g/mol. The van der Waals surface area contributed by atoms with E-state index in [0.29, 0.717) is 48.8 Å². The summed E-state index contributed by atoms with van der Waals surface area (Å²) in [5.41, 5.74) is 2.48. The van der Waals surface area contributed by atoms with Crippen molar-refractivity contribution in [1.29, 1.82) is 0 Å². The zero-order chi connectivity index (χ0) is 18.2. The van der Waals surface area contributed by atoms with Crippen LogP contribution in [-0.4, -0.2) is 46.4 Å². The van der Waals surface area contributed by atoms with Gasteiger partial charge in [-0.2, -0.15) is 9.40 Å². The lowest BCUT2D eigenvalue weighted by atomic mass is 10.2. The van der Waals surface area contributed by atoms with Gasteiger partial charge in [0, 0.05) is 13.1 Å². The largest absolute Gasteiger partial charge is 0.361 e. The molecule has 3 rings (SSSR count). The third-order valence-corrected chi connectivity index (χ3v) is 5.44. The Balaban J connectivity index is 1.71. The number of nitrogens with one attached hydrogen (secondary N) is 1. The molecule has 25 heavy (non-hydrogen) atoms. The fraction of sp³-hybridized carbons (Fsp3) is 0.533. The molecule has 10 heteroatoms. The molecule has 0 atom stereocenters. The maximum atomic E-state index is 12.3. The molecule has 0 saturated heterocycles. The first-order chi connectivity index (χ1) is 11.8. The first-order valence-corrected chi connectivity index (χ1v) is 9.82. The minimum Gasteiger partial charge on any atom is -0.361 e. The van der Waals surface area contributed by atoms with Crippen molar-refractivity contribution in [2.24, 2.45) is 0 Å². The second kappa shape index (κ2) is 6.60. The van der Waals surface area contributed by atoms with Crippen molar-refractivity contribution in [2.45, 2.75) is 39.9 Å². The van der Waals surface area contributed by atoms with Gasteiger partial charge < -0.3 is 9.84 Å². The van der Waals surface area contributed by atoms with E-state index in [0.717, 1.165) is 5.69 Å². The van der Waals surface area contributed by atoms with Crippen LogP contribution >= 0.6 is 0 Å². The third-order valence-electron chi connectivity index (χ3n) is 4.19. The van der Waals surface area contributed by atoms with E-state index in [1.165, 1.54) is 10.6 Å². The van der Waals surface area contributed by atoms with E-state index in [1.807, 2.05) is 10.7 Å². The highest BCUT2D eigenvalue weighted by atomic mass is 32.2. The molecule has 0 fully saturated rings. The van der Waals surface area contributed by atoms with Crippen LogP contribution in [0.2, 0.25) is 0 Å². The SMILES string of the molecule is Cc1noc(C)c1C(=O)NCc1cc2n(n1)CCCN(S(C)(=O)=O)C2. The predicted molar refractivity (Wildman–Crippen MR) is 89.2 cm³/mol. The summed E-state index contributed by atoms with van der Waals surface area (Å²) in [6.07, 6.45) is 1.91. The summed E-state index contributed by atoms with van der Waals surface area (Å²) in [7, 11) is -3.24. The topological polar surface area (TPSA) is 110 Å². The highest BCUT2D eigenvalue weighted by molar-refractivity contribution is 7.88. The molecule has 1 aliphatic heterocycles. The van der Waals surface area contributed by atoms with Gasteiger partial charge in [-0.3, -0.25) is 9.48 Å². The molecule has 1 N–H and O–H groups in total. The van der Waals surface area contributed by atoms with Crippen molar-refractivity contribution in [3.8, 4) is 0 Å². The van der Waals surface area contributed by atoms with E-state index in [1.54, 1.807) is 13.8 Å². The third kappa shape index (κ3) is 3.74. The Morgan fingerprint density at radius 2 is 2.12 bits per heavy atom. The molecule has 0 radical (unpaired) electrons. The molecule has 0 bridgehead atoms. The smallest absolute Gasteiger partial charge is 0.257 e. The van der Waals surface area contributed by atoms with Crippen LogP contribution in [0.4, 0.5) is 0 Å². The van der Waals surface area contributed by atoms with Crippen molar-refractivity contribution in [2.75, 3.05) is 12.8 Å². The first kappa shape index (κ1) is 17.6. The average Bonchev–Trinajstić information content (AvgIpc) is 2.99. The second-order valence-electron chi connectivity index (χ2n) is 6.18. The van der Waals surface area contributed by atoms with Crippen LogP contribution in [0.25, 0.3) is 0 Å². The molecule has 0 saturated carbocycles. The van der Waals surface area contributed by atoms with Gasteiger partial charge in [-0.1, -0.05) is 5.16 Å². The Morgan fingerprint density at radius 3 is 2.76 bits per heavy atom. The minimum atomic E-state index is -3.24. The molecule has 1 aliphatic rings. The minimum absolute atomic E-state index is 0.252. The van der Waals surface area contributed by atoms with Crippen molar-refractivity contribution >= 4 is 15.9 Å². The van der Waals surface area contributed by atoms with Gasteiger partial charge in [0.15, 0.2) is 0 Å². The van der Waals surface area contributed by atoms with Crippen molar-refractivity contribution < 1.29 is 17.7 Å². The van der Waals surface area contributed by atoms with E-state index < -0.39 is 10.0 Å². The molecule has 0 aromatic carbocycles. The van der Waals surface area contributed by atoms with Crippen LogP contribution in [0.15, 0.2) is 10.6 Å². The van der Waals surface area contributed by atoms with Crippen LogP contribution in [0.3, 0.4) is 0 Å². The lowest BCUT2D eigenvalue weighted by Crippen LogP contribution is -2.29. The zero-order valence-electron chi connectivity index (χ0n) is 14.4. The molecule has 2 aromatic rings. The Bertz CT molecular complexity index is 880. The maximum absolute atomic E-state index is 12.3. The summed E-state index contributed by atoms with van der Waals surface area (Å²) in [5.74, 6) is 0.205. The van der Waals surface area contributed by atoms with Crippen molar-refractivity contribution in [1.82, 2.24) is 24.6 Å². The number of hydrogen-bond acceptors (Lipinski definition) is 6. The van der Waals surface area contributed by atoms with E-state index in [9.17, 15) is 13.2 Å². The Morgan fingerprint density at radius 1 is 1.36 bits per heavy atom. The van der Waals surface area contributed by atoms with Gasteiger partial charge in [-0.15, -0.1) is 0 Å². The van der Waals surface area contributed by atoms with Gasteiger partial charge >= 0.3 is 0 Å². The lowest BCUT2D eigenvalue weighted by Gasteiger charge is -2.16. The highest BCUT2D eigenvalue weighted by Crippen LogP contribution is 2.16. The number of nitrogens with zero attached hydrogens (tertiary/aromatic N) is 4. The number of amides is 1. The predicted octanol–water partition coefficient (Wildman–Crippen LogP) is 0.583. The molecule has 3 heterocycles. The second-order valence-corrected chi connectivity index (χ2v) is 8.16. The number of carbonyl (C=O) groups is 1. The number of rotatable bonds is 4. The Kier molecular flexibility index (Phi) is 4.65. The zero-order valence-corrected chi connectivity index (χ0v) is 15.3. The number of fused-ring (bicyclic) bond motifs is 1.